The highest BCUT2D eigenvalue weighted by Gasteiger charge is 2.24. The fraction of sp³-hybridized carbons (Fsp3) is 0.333. The highest BCUT2D eigenvalue weighted by Crippen LogP contribution is 2.17. The number of nitrogens with one attached hydrogen (secondary N) is 2. The second-order valence-corrected chi connectivity index (χ2v) is 6.22. The van der Waals surface area contributed by atoms with Gasteiger partial charge in [0.05, 0.1) is 5.69 Å². The van der Waals surface area contributed by atoms with Crippen molar-refractivity contribution < 1.29 is 14.0 Å². The highest BCUT2D eigenvalue weighted by molar-refractivity contribution is 6.39. The summed E-state index contributed by atoms with van der Waals surface area (Å²) in [6.45, 7) is 3.14. The summed E-state index contributed by atoms with van der Waals surface area (Å²) in [7, 11) is 0. The minimum atomic E-state index is -0.872. The van der Waals surface area contributed by atoms with Gasteiger partial charge in [0.15, 0.2) is 0 Å². The van der Waals surface area contributed by atoms with Crippen LogP contribution in [0, 0.1) is 12.7 Å². The van der Waals surface area contributed by atoms with Crippen LogP contribution in [0.5, 0.6) is 0 Å². The molecule has 0 aliphatic carbocycles. The third kappa shape index (κ3) is 4.33. The van der Waals surface area contributed by atoms with Gasteiger partial charge in [-0.25, -0.2) is 14.4 Å². The lowest BCUT2D eigenvalue weighted by Crippen LogP contribution is -2.48. The van der Waals surface area contributed by atoms with Gasteiger partial charge in [-0.05, 0) is 43.5 Å². The van der Waals surface area contributed by atoms with E-state index in [4.69, 9.17) is 0 Å². The van der Waals surface area contributed by atoms with Gasteiger partial charge < -0.3 is 15.5 Å². The van der Waals surface area contributed by atoms with Gasteiger partial charge in [0.1, 0.15) is 5.82 Å². The molecule has 0 atom stereocenters. The normalized spacial score (nSPS) is 14.8. The summed E-state index contributed by atoms with van der Waals surface area (Å²) in [6.07, 6.45) is 4.72. The van der Waals surface area contributed by atoms with Crippen molar-refractivity contribution >= 4 is 23.5 Å². The molecule has 1 saturated heterocycles. The monoisotopic (exact) mass is 357 g/mol. The Morgan fingerprint density at radius 2 is 1.85 bits per heavy atom. The third-order valence-electron chi connectivity index (χ3n) is 4.24. The van der Waals surface area contributed by atoms with Crippen LogP contribution in [0.3, 0.4) is 0 Å². The van der Waals surface area contributed by atoms with Gasteiger partial charge in [-0.2, -0.15) is 0 Å². The second-order valence-electron chi connectivity index (χ2n) is 6.22. The molecule has 1 aliphatic heterocycles. The lowest BCUT2D eigenvalue weighted by atomic mass is 10.1. The van der Waals surface area contributed by atoms with Crippen LogP contribution in [0.2, 0.25) is 0 Å². The van der Waals surface area contributed by atoms with Crippen molar-refractivity contribution in [1.82, 2.24) is 15.3 Å². The number of anilines is 2. The number of carbonyl (C=O) groups is 2. The molecule has 1 aromatic heterocycles. The number of aromatic nitrogens is 2. The van der Waals surface area contributed by atoms with E-state index in [0.29, 0.717) is 31.9 Å². The van der Waals surface area contributed by atoms with Crippen molar-refractivity contribution in [3.05, 3.63) is 48.0 Å². The van der Waals surface area contributed by atoms with E-state index in [0.717, 1.165) is 5.56 Å². The number of hydrogen-bond donors (Lipinski definition) is 2. The molecule has 26 heavy (non-hydrogen) atoms. The number of carbonyl (C=O) groups excluding carboxylic acids is 2. The van der Waals surface area contributed by atoms with E-state index in [-0.39, 0.29) is 11.7 Å². The van der Waals surface area contributed by atoms with Crippen molar-refractivity contribution in [3.8, 4) is 0 Å². The molecule has 136 valence electrons. The molecule has 2 N–H and O–H groups in total. The first kappa shape index (κ1) is 17.8. The maximum absolute atomic E-state index is 13.7. The zero-order valence-corrected chi connectivity index (χ0v) is 14.4. The van der Waals surface area contributed by atoms with Crippen molar-refractivity contribution in [2.24, 2.45) is 0 Å². The molecule has 0 unspecified atom stereocenters. The Morgan fingerprint density at radius 1 is 1.15 bits per heavy atom. The average molecular weight is 357 g/mol. The third-order valence-corrected chi connectivity index (χ3v) is 4.24. The zero-order chi connectivity index (χ0) is 18.5. The summed E-state index contributed by atoms with van der Waals surface area (Å²) in [5.74, 6) is -1.55. The molecule has 2 aromatic rings. The lowest BCUT2D eigenvalue weighted by Gasteiger charge is -2.32. The van der Waals surface area contributed by atoms with Crippen LogP contribution in [0.4, 0.5) is 16.0 Å². The van der Waals surface area contributed by atoms with Gasteiger partial charge in [0.2, 0.25) is 5.95 Å². The highest BCUT2D eigenvalue weighted by atomic mass is 19.1. The van der Waals surface area contributed by atoms with Crippen molar-refractivity contribution in [2.45, 2.75) is 25.8 Å². The average Bonchev–Trinajstić information content (AvgIpc) is 2.66. The predicted octanol–water partition coefficient (Wildman–Crippen LogP) is 1.65. The van der Waals surface area contributed by atoms with Crippen LogP contribution >= 0.6 is 0 Å². The molecule has 7 nitrogen and oxygen atoms in total. The predicted molar refractivity (Wildman–Crippen MR) is 95.2 cm³/mol. The Hall–Kier alpha value is -3.03. The minimum absolute atomic E-state index is 0.00111. The van der Waals surface area contributed by atoms with Crippen molar-refractivity contribution in [3.63, 3.8) is 0 Å². The number of halogens is 1. The molecule has 1 aliphatic rings. The number of benzene rings is 1. The molecule has 1 aromatic carbocycles. The van der Waals surface area contributed by atoms with E-state index >= 15 is 0 Å². The first-order valence-corrected chi connectivity index (χ1v) is 8.43. The first-order valence-electron chi connectivity index (χ1n) is 8.43. The maximum Gasteiger partial charge on any atom is 0.313 e. The van der Waals surface area contributed by atoms with E-state index < -0.39 is 17.6 Å². The van der Waals surface area contributed by atoms with Crippen LogP contribution in [-0.4, -0.2) is 40.9 Å². The number of amides is 2. The fourth-order valence-corrected chi connectivity index (χ4v) is 2.84. The number of aryl methyl sites for hydroxylation is 1. The zero-order valence-electron chi connectivity index (χ0n) is 14.4. The largest absolute Gasteiger partial charge is 0.345 e. The van der Waals surface area contributed by atoms with E-state index in [1.807, 2.05) is 4.90 Å². The van der Waals surface area contributed by atoms with Crippen LogP contribution in [0.25, 0.3) is 0 Å². The Bertz CT molecular complexity index is 791. The van der Waals surface area contributed by atoms with Gasteiger partial charge in [-0.3, -0.25) is 9.59 Å². The number of hydrogen-bond acceptors (Lipinski definition) is 5. The molecule has 8 heteroatoms. The summed E-state index contributed by atoms with van der Waals surface area (Å²) in [6, 6.07) is 5.97. The standard InChI is InChI=1S/C18H20FN5O2/c1-12-3-4-14(19)15(11-12)23-17(26)16(25)22-13-5-9-24(10-6-13)18-20-7-2-8-21-18/h2-4,7-8,11,13H,5-6,9-10H2,1H3,(H,22,25)(H,23,26). The minimum Gasteiger partial charge on any atom is -0.345 e. The van der Waals surface area contributed by atoms with Gasteiger partial charge >= 0.3 is 11.8 Å². The molecular weight excluding hydrogens is 337 g/mol. The molecular formula is C18H20FN5O2. The van der Waals surface area contributed by atoms with Gasteiger partial charge in [0.25, 0.3) is 0 Å². The van der Waals surface area contributed by atoms with Crippen LogP contribution in [0.1, 0.15) is 18.4 Å². The maximum atomic E-state index is 13.7. The Balaban J connectivity index is 1.51. The summed E-state index contributed by atoms with van der Waals surface area (Å²) in [5.41, 5.74) is 0.791. The molecule has 1 fully saturated rings. The summed E-state index contributed by atoms with van der Waals surface area (Å²) >= 11 is 0. The van der Waals surface area contributed by atoms with Gasteiger partial charge in [-0.15, -0.1) is 0 Å². The molecule has 0 spiro atoms. The van der Waals surface area contributed by atoms with E-state index in [1.54, 1.807) is 31.5 Å². The van der Waals surface area contributed by atoms with E-state index in [1.165, 1.54) is 12.1 Å². The van der Waals surface area contributed by atoms with Crippen molar-refractivity contribution in [2.75, 3.05) is 23.3 Å². The van der Waals surface area contributed by atoms with Gasteiger partial charge in [0, 0.05) is 31.5 Å². The van der Waals surface area contributed by atoms with Crippen LogP contribution < -0.4 is 15.5 Å². The molecule has 2 amide bonds. The van der Waals surface area contributed by atoms with Crippen LogP contribution in [0.15, 0.2) is 36.7 Å². The first-order chi connectivity index (χ1) is 12.5. The number of rotatable bonds is 3. The Labute approximate surface area is 150 Å². The summed E-state index contributed by atoms with van der Waals surface area (Å²) < 4.78 is 13.7. The Morgan fingerprint density at radius 3 is 2.54 bits per heavy atom. The lowest BCUT2D eigenvalue weighted by molar-refractivity contribution is -0.136. The summed E-state index contributed by atoms with van der Waals surface area (Å²) in [5, 5.41) is 5.02. The smallest absolute Gasteiger partial charge is 0.313 e. The molecule has 2 heterocycles. The van der Waals surface area contributed by atoms with Crippen LogP contribution in [-0.2, 0) is 9.59 Å². The fourth-order valence-electron chi connectivity index (χ4n) is 2.84. The molecule has 0 bridgehead atoms. The summed E-state index contributed by atoms with van der Waals surface area (Å²) in [4.78, 5) is 34.5. The van der Waals surface area contributed by atoms with E-state index in [2.05, 4.69) is 20.6 Å². The van der Waals surface area contributed by atoms with Crippen molar-refractivity contribution in [1.29, 1.82) is 0 Å². The topological polar surface area (TPSA) is 87.2 Å². The molecule has 3 rings (SSSR count). The van der Waals surface area contributed by atoms with E-state index in [9.17, 15) is 14.0 Å². The quantitative estimate of drug-likeness (QED) is 0.816. The Kier molecular flexibility index (Phi) is 5.40. The van der Waals surface area contributed by atoms with Gasteiger partial charge in [-0.1, -0.05) is 6.07 Å². The number of nitrogens with zero attached hydrogens (tertiary/aromatic N) is 3. The number of piperidine rings is 1. The second kappa shape index (κ2) is 7.90. The molecule has 0 radical (unpaired) electrons. The SMILES string of the molecule is Cc1ccc(F)c(NC(=O)C(=O)NC2CCN(c3ncccn3)CC2)c1. The molecule has 0 saturated carbocycles.